The molecule has 0 N–H and O–H groups in total. The van der Waals surface area contributed by atoms with Crippen LogP contribution in [0.15, 0.2) is 24.3 Å². The predicted molar refractivity (Wildman–Crippen MR) is 60.8 cm³/mol. The molecule has 15 heavy (non-hydrogen) atoms. The van der Waals surface area contributed by atoms with Gasteiger partial charge in [-0.2, -0.15) is 17.0 Å². The van der Waals surface area contributed by atoms with Crippen LogP contribution in [0.1, 0.15) is 23.5 Å². The number of hydrogen-bond donors (Lipinski definition) is 0. The SMILES string of the molecule is N#Cc1ccc(C2CSCCC2=O)cc1. The molecule has 1 unspecified atom stereocenters. The van der Waals surface area contributed by atoms with Crippen molar-refractivity contribution in [1.29, 1.82) is 5.26 Å². The molecule has 1 atom stereocenters. The molecule has 1 aliphatic rings. The first kappa shape index (κ1) is 10.3. The van der Waals surface area contributed by atoms with Gasteiger partial charge in [-0.3, -0.25) is 4.79 Å². The fraction of sp³-hybridized carbons (Fsp3) is 0.333. The molecule has 1 heterocycles. The number of rotatable bonds is 1. The summed E-state index contributed by atoms with van der Waals surface area (Å²) in [6.07, 6.45) is 0.676. The fourth-order valence-electron chi connectivity index (χ4n) is 1.71. The molecular formula is C12H11NOS. The number of ketones is 1. The van der Waals surface area contributed by atoms with Crippen LogP contribution in [0.3, 0.4) is 0 Å². The molecule has 0 spiro atoms. The lowest BCUT2D eigenvalue weighted by Crippen LogP contribution is -2.20. The third-order valence-electron chi connectivity index (χ3n) is 2.61. The van der Waals surface area contributed by atoms with Gasteiger partial charge >= 0.3 is 0 Å². The lowest BCUT2D eigenvalue weighted by atomic mass is 9.94. The summed E-state index contributed by atoms with van der Waals surface area (Å²) >= 11 is 1.83. The number of Topliss-reactive ketones (excluding diaryl/α,β-unsaturated/α-hetero) is 1. The van der Waals surface area contributed by atoms with Gasteiger partial charge in [0.15, 0.2) is 0 Å². The van der Waals surface area contributed by atoms with E-state index in [4.69, 9.17) is 5.26 Å². The van der Waals surface area contributed by atoms with E-state index in [0.29, 0.717) is 17.8 Å². The second-order valence-corrected chi connectivity index (χ2v) is 4.73. The Balaban J connectivity index is 2.21. The van der Waals surface area contributed by atoms with E-state index >= 15 is 0 Å². The van der Waals surface area contributed by atoms with Gasteiger partial charge in [0.2, 0.25) is 0 Å². The zero-order valence-corrected chi connectivity index (χ0v) is 9.09. The van der Waals surface area contributed by atoms with Crippen LogP contribution < -0.4 is 0 Å². The molecule has 2 nitrogen and oxygen atoms in total. The van der Waals surface area contributed by atoms with E-state index in [0.717, 1.165) is 17.1 Å². The molecule has 1 saturated heterocycles. The number of thioether (sulfide) groups is 1. The summed E-state index contributed by atoms with van der Waals surface area (Å²) in [5.74, 6) is 2.20. The molecular weight excluding hydrogens is 206 g/mol. The second kappa shape index (κ2) is 4.50. The molecule has 1 aromatic rings. The predicted octanol–water partition coefficient (Wildman–Crippen LogP) is 2.35. The molecule has 1 aliphatic heterocycles. The fourth-order valence-corrected chi connectivity index (χ4v) is 2.84. The van der Waals surface area contributed by atoms with Gasteiger partial charge in [0.25, 0.3) is 0 Å². The van der Waals surface area contributed by atoms with E-state index in [2.05, 4.69) is 6.07 Å². The Bertz CT molecular complexity index is 405. The van der Waals surface area contributed by atoms with Crippen molar-refractivity contribution in [2.24, 2.45) is 0 Å². The van der Waals surface area contributed by atoms with Gasteiger partial charge in [-0.1, -0.05) is 12.1 Å². The molecule has 0 bridgehead atoms. The summed E-state index contributed by atoms with van der Waals surface area (Å²) in [5, 5.41) is 8.67. The molecule has 1 fully saturated rings. The van der Waals surface area contributed by atoms with E-state index < -0.39 is 0 Å². The van der Waals surface area contributed by atoms with Crippen molar-refractivity contribution in [3.05, 3.63) is 35.4 Å². The van der Waals surface area contributed by atoms with Gasteiger partial charge in [0, 0.05) is 17.9 Å². The second-order valence-electron chi connectivity index (χ2n) is 3.58. The van der Waals surface area contributed by atoms with Gasteiger partial charge < -0.3 is 0 Å². The van der Waals surface area contributed by atoms with Crippen LogP contribution in [0.2, 0.25) is 0 Å². The lowest BCUT2D eigenvalue weighted by molar-refractivity contribution is -0.119. The highest BCUT2D eigenvalue weighted by atomic mass is 32.2. The first-order chi connectivity index (χ1) is 7.31. The number of carbonyl (C=O) groups is 1. The van der Waals surface area contributed by atoms with Crippen molar-refractivity contribution < 1.29 is 4.79 Å². The Morgan fingerprint density at radius 3 is 2.67 bits per heavy atom. The Morgan fingerprint density at radius 1 is 1.33 bits per heavy atom. The highest BCUT2D eigenvalue weighted by Crippen LogP contribution is 2.28. The number of benzene rings is 1. The van der Waals surface area contributed by atoms with Crippen LogP contribution in [0.5, 0.6) is 0 Å². The highest BCUT2D eigenvalue weighted by Gasteiger charge is 2.23. The van der Waals surface area contributed by atoms with E-state index in [1.807, 2.05) is 23.9 Å². The maximum Gasteiger partial charge on any atom is 0.141 e. The number of carbonyl (C=O) groups excluding carboxylic acids is 1. The molecule has 3 heteroatoms. The van der Waals surface area contributed by atoms with E-state index in [1.54, 1.807) is 12.1 Å². The summed E-state index contributed by atoms with van der Waals surface area (Å²) in [4.78, 5) is 11.7. The summed E-state index contributed by atoms with van der Waals surface area (Å²) < 4.78 is 0. The highest BCUT2D eigenvalue weighted by molar-refractivity contribution is 7.99. The smallest absolute Gasteiger partial charge is 0.141 e. The minimum atomic E-state index is 0.0384. The normalized spacial score (nSPS) is 21.0. The minimum Gasteiger partial charge on any atom is -0.299 e. The van der Waals surface area contributed by atoms with Crippen LogP contribution >= 0.6 is 11.8 Å². The molecule has 0 saturated carbocycles. The molecule has 2 rings (SSSR count). The number of nitriles is 1. The maximum absolute atomic E-state index is 11.7. The largest absolute Gasteiger partial charge is 0.299 e. The monoisotopic (exact) mass is 217 g/mol. The third-order valence-corrected chi connectivity index (χ3v) is 3.67. The van der Waals surface area contributed by atoms with Crippen LogP contribution in [0.25, 0.3) is 0 Å². The Kier molecular flexibility index (Phi) is 3.08. The number of nitrogens with zero attached hydrogens (tertiary/aromatic N) is 1. The van der Waals surface area contributed by atoms with Crippen molar-refractivity contribution in [2.75, 3.05) is 11.5 Å². The van der Waals surface area contributed by atoms with Crippen molar-refractivity contribution in [3.63, 3.8) is 0 Å². The van der Waals surface area contributed by atoms with Crippen LogP contribution in [-0.4, -0.2) is 17.3 Å². The van der Waals surface area contributed by atoms with Crippen molar-refractivity contribution in [1.82, 2.24) is 0 Å². The van der Waals surface area contributed by atoms with Gasteiger partial charge in [-0.05, 0) is 17.7 Å². The van der Waals surface area contributed by atoms with Gasteiger partial charge in [0.1, 0.15) is 5.78 Å². The average Bonchev–Trinajstić information content (AvgIpc) is 2.30. The van der Waals surface area contributed by atoms with Gasteiger partial charge in [0.05, 0.1) is 17.6 Å². The molecule has 0 radical (unpaired) electrons. The van der Waals surface area contributed by atoms with Crippen molar-refractivity contribution >= 4 is 17.5 Å². The zero-order chi connectivity index (χ0) is 10.7. The standard InChI is InChI=1S/C12H11NOS/c13-7-9-1-3-10(4-2-9)11-8-15-6-5-12(11)14/h1-4,11H,5-6,8H2. The Hall–Kier alpha value is -1.27. The Morgan fingerprint density at radius 2 is 2.07 bits per heavy atom. The summed E-state index contributed by atoms with van der Waals surface area (Å²) in [6.45, 7) is 0. The van der Waals surface area contributed by atoms with Gasteiger partial charge in [-0.25, -0.2) is 0 Å². The van der Waals surface area contributed by atoms with Crippen molar-refractivity contribution in [2.45, 2.75) is 12.3 Å². The average molecular weight is 217 g/mol. The molecule has 1 aromatic carbocycles. The quantitative estimate of drug-likeness (QED) is 0.725. The lowest BCUT2D eigenvalue weighted by Gasteiger charge is -2.20. The topological polar surface area (TPSA) is 40.9 Å². The van der Waals surface area contributed by atoms with Crippen LogP contribution in [-0.2, 0) is 4.79 Å². The van der Waals surface area contributed by atoms with E-state index in [1.165, 1.54) is 0 Å². The third kappa shape index (κ3) is 2.21. The van der Waals surface area contributed by atoms with E-state index in [9.17, 15) is 4.79 Å². The summed E-state index contributed by atoms with van der Waals surface area (Å²) in [6, 6.07) is 9.43. The molecule has 0 amide bonds. The van der Waals surface area contributed by atoms with Crippen LogP contribution in [0.4, 0.5) is 0 Å². The molecule has 76 valence electrons. The number of hydrogen-bond acceptors (Lipinski definition) is 3. The minimum absolute atomic E-state index is 0.0384. The van der Waals surface area contributed by atoms with Crippen LogP contribution in [0, 0.1) is 11.3 Å². The first-order valence-corrected chi connectivity index (χ1v) is 6.07. The first-order valence-electron chi connectivity index (χ1n) is 4.92. The zero-order valence-electron chi connectivity index (χ0n) is 8.27. The van der Waals surface area contributed by atoms with E-state index in [-0.39, 0.29) is 5.92 Å². The summed E-state index contributed by atoms with van der Waals surface area (Å²) in [5.41, 5.74) is 1.70. The summed E-state index contributed by atoms with van der Waals surface area (Å²) in [7, 11) is 0. The maximum atomic E-state index is 11.7. The molecule has 0 aliphatic carbocycles. The van der Waals surface area contributed by atoms with Crippen molar-refractivity contribution in [3.8, 4) is 6.07 Å². The molecule has 0 aromatic heterocycles. The van der Waals surface area contributed by atoms with Gasteiger partial charge in [-0.15, -0.1) is 0 Å². The Labute approximate surface area is 93.3 Å².